The first-order valence-corrected chi connectivity index (χ1v) is 9.06. The van der Waals surface area contributed by atoms with Crippen molar-refractivity contribution in [1.82, 2.24) is 4.98 Å². The Morgan fingerprint density at radius 2 is 1.93 bits per heavy atom. The molecule has 0 unspecified atom stereocenters. The predicted molar refractivity (Wildman–Crippen MR) is 103 cm³/mol. The number of carboxylic acid groups (broad SMARTS) is 1. The van der Waals surface area contributed by atoms with Gasteiger partial charge < -0.3 is 15.8 Å². The normalized spacial score (nSPS) is 11.9. The summed E-state index contributed by atoms with van der Waals surface area (Å²) in [6.45, 7) is 0.466. The van der Waals surface area contributed by atoms with Gasteiger partial charge in [-0.05, 0) is 61.2 Å². The van der Waals surface area contributed by atoms with E-state index < -0.39 is 17.7 Å². The summed E-state index contributed by atoms with van der Waals surface area (Å²) in [6, 6.07) is 7.79. The molecule has 28 heavy (non-hydrogen) atoms. The SMILES string of the molecule is NCCCCc1c(-c2cccc(C(F)(F)F)c2)[nH]c2c(Cl)ccc(C(=O)O)c12. The molecule has 0 amide bonds. The molecule has 148 valence electrons. The summed E-state index contributed by atoms with van der Waals surface area (Å²) in [7, 11) is 0. The summed E-state index contributed by atoms with van der Waals surface area (Å²) in [4.78, 5) is 14.8. The van der Waals surface area contributed by atoms with Crippen LogP contribution in [0, 0.1) is 0 Å². The van der Waals surface area contributed by atoms with Crippen molar-refractivity contribution in [3.8, 4) is 11.3 Å². The first-order chi connectivity index (χ1) is 13.2. The number of aryl methyl sites for hydroxylation is 1. The van der Waals surface area contributed by atoms with Crippen LogP contribution < -0.4 is 5.73 Å². The van der Waals surface area contributed by atoms with Crippen LogP contribution >= 0.6 is 11.6 Å². The number of halogens is 4. The highest BCUT2D eigenvalue weighted by Gasteiger charge is 2.31. The van der Waals surface area contributed by atoms with Crippen molar-refractivity contribution in [2.45, 2.75) is 25.4 Å². The number of carbonyl (C=O) groups is 1. The molecule has 1 heterocycles. The van der Waals surface area contributed by atoms with E-state index in [0.717, 1.165) is 12.1 Å². The predicted octanol–water partition coefficient (Wildman–Crippen LogP) is 5.49. The van der Waals surface area contributed by atoms with Crippen LogP contribution in [0.2, 0.25) is 5.02 Å². The number of unbranched alkanes of at least 4 members (excludes halogenated alkanes) is 1. The Bertz CT molecular complexity index is 1030. The lowest BCUT2D eigenvalue weighted by Gasteiger charge is -2.10. The first kappa shape index (κ1) is 20.2. The van der Waals surface area contributed by atoms with Crippen molar-refractivity contribution in [3.05, 3.63) is 58.1 Å². The smallest absolute Gasteiger partial charge is 0.416 e. The molecule has 1 aromatic heterocycles. The molecule has 0 bridgehead atoms. The maximum absolute atomic E-state index is 13.1. The number of nitrogens with two attached hydrogens (primary N) is 1. The molecule has 4 nitrogen and oxygen atoms in total. The average molecular weight is 411 g/mol. The molecule has 0 fully saturated rings. The van der Waals surface area contributed by atoms with Crippen LogP contribution in [0.15, 0.2) is 36.4 Å². The van der Waals surface area contributed by atoms with E-state index in [1.807, 2.05) is 0 Å². The largest absolute Gasteiger partial charge is 0.478 e. The summed E-state index contributed by atoms with van der Waals surface area (Å²) < 4.78 is 39.4. The number of H-pyrrole nitrogens is 1. The number of carboxylic acids is 1. The van der Waals surface area contributed by atoms with Crippen LogP contribution in [-0.2, 0) is 12.6 Å². The minimum atomic E-state index is -4.48. The Morgan fingerprint density at radius 1 is 1.18 bits per heavy atom. The number of hydrogen-bond donors (Lipinski definition) is 3. The van der Waals surface area contributed by atoms with E-state index in [1.54, 1.807) is 6.07 Å². The maximum atomic E-state index is 13.1. The van der Waals surface area contributed by atoms with Crippen LogP contribution in [-0.4, -0.2) is 22.6 Å². The van der Waals surface area contributed by atoms with Gasteiger partial charge in [0.05, 0.1) is 21.7 Å². The first-order valence-electron chi connectivity index (χ1n) is 8.68. The third-order valence-corrected chi connectivity index (χ3v) is 4.91. The number of fused-ring (bicyclic) bond motifs is 1. The van der Waals surface area contributed by atoms with Gasteiger partial charge in [0.15, 0.2) is 0 Å². The van der Waals surface area contributed by atoms with E-state index in [9.17, 15) is 23.1 Å². The van der Waals surface area contributed by atoms with Crippen LogP contribution in [0.5, 0.6) is 0 Å². The van der Waals surface area contributed by atoms with Gasteiger partial charge in [0.1, 0.15) is 0 Å². The molecular weight excluding hydrogens is 393 g/mol. The minimum Gasteiger partial charge on any atom is -0.478 e. The van der Waals surface area contributed by atoms with Crippen LogP contribution in [0.4, 0.5) is 13.2 Å². The molecule has 2 aromatic carbocycles. The fourth-order valence-corrected chi connectivity index (χ4v) is 3.51. The lowest BCUT2D eigenvalue weighted by Crippen LogP contribution is -2.05. The van der Waals surface area contributed by atoms with Crippen molar-refractivity contribution in [3.63, 3.8) is 0 Å². The molecule has 3 aromatic rings. The number of aromatic amines is 1. The molecule has 3 rings (SSSR count). The number of alkyl halides is 3. The van der Waals surface area contributed by atoms with E-state index in [0.29, 0.717) is 58.6 Å². The fourth-order valence-electron chi connectivity index (χ4n) is 3.31. The van der Waals surface area contributed by atoms with Gasteiger partial charge in [-0.25, -0.2) is 4.79 Å². The highest BCUT2D eigenvalue weighted by molar-refractivity contribution is 6.36. The van der Waals surface area contributed by atoms with Gasteiger partial charge in [-0.15, -0.1) is 0 Å². The molecule has 8 heteroatoms. The molecule has 4 N–H and O–H groups in total. The lowest BCUT2D eigenvalue weighted by molar-refractivity contribution is -0.137. The molecule has 0 aliphatic heterocycles. The third kappa shape index (κ3) is 3.86. The maximum Gasteiger partial charge on any atom is 0.416 e. The number of rotatable bonds is 6. The monoisotopic (exact) mass is 410 g/mol. The van der Waals surface area contributed by atoms with E-state index in [1.165, 1.54) is 18.2 Å². The quantitative estimate of drug-likeness (QED) is 0.470. The zero-order chi connectivity index (χ0) is 20.5. The summed E-state index contributed by atoms with van der Waals surface area (Å²) in [5, 5.41) is 10.3. The molecule has 0 saturated carbocycles. The van der Waals surface area contributed by atoms with Crippen molar-refractivity contribution in [1.29, 1.82) is 0 Å². The van der Waals surface area contributed by atoms with Crippen LogP contribution in [0.3, 0.4) is 0 Å². The molecule has 0 aliphatic carbocycles. The average Bonchev–Trinajstić information content (AvgIpc) is 3.02. The molecule has 0 spiro atoms. The number of aromatic carboxylic acids is 1. The van der Waals surface area contributed by atoms with E-state index in [2.05, 4.69) is 4.98 Å². The molecule has 0 saturated heterocycles. The topological polar surface area (TPSA) is 79.1 Å². The van der Waals surface area contributed by atoms with Crippen molar-refractivity contribution < 1.29 is 23.1 Å². The summed E-state index contributed by atoms with van der Waals surface area (Å²) >= 11 is 6.25. The van der Waals surface area contributed by atoms with Crippen LogP contribution in [0.1, 0.15) is 34.3 Å². The van der Waals surface area contributed by atoms with Gasteiger partial charge >= 0.3 is 12.1 Å². The standard InChI is InChI=1S/C20H18ClF3N2O2/c21-15-8-7-14(19(27)28)16-13(6-1-2-9-25)17(26-18(15)16)11-4-3-5-12(10-11)20(22,23)24/h3-5,7-8,10,26H,1-2,6,9,25H2,(H,27,28). The lowest BCUT2D eigenvalue weighted by atomic mass is 9.96. The van der Waals surface area contributed by atoms with Gasteiger partial charge in [-0.1, -0.05) is 23.7 Å². The number of nitrogens with one attached hydrogen (secondary N) is 1. The molecule has 0 radical (unpaired) electrons. The van der Waals surface area contributed by atoms with E-state index in [4.69, 9.17) is 17.3 Å². The molecule has 0 atom stereocenters. The second kappa shape index (κ2) is 7.85. The zero-order valence-corrected chi connectivity index (χ0v) is 15.5. The van der Waals surface area contributed by atoms with Gasteiger partial charge in [0.25, 0.3) is 0 Å². The molecule has 0 aliphatic rings. The Balaban J connectivity index is 2.27. The Kier molecular flexibility index (Phi) is 5.67. The van der Waals surface area contributed by atoms with E-state index in [-0.39, 0.29) is 5.56 Å². The van der Waals surface area contributed by atoms with Gasteiger partial charge in [0.2, 0.25) is 0 Å². The number of benzene rings is 2. The Labute approximate surface area is 164 Å². The Morgan fingerprint density at radius 3 is 2.57 bits per heavy atom. The second-order valence-electron chi connectivity index (χ2n) is 6.45. The van der Waals surface area contributed by atoms with Crippen molar-refractivity contribution >= 4 is 28.5 Å². The number of hydrogen-bond acceptors (Lipinski definition) is 2. The van der Waals surface area contributed by atoms with Crippen molar-refractivity contribution in [2.75, 3.05) is 6.54 Å². The van der Waals surface area contributed by atoms with Gasteiger partial charge in [-0.2, -0.15) is 13.2 Å². The van der Waals surface area contributed by atoms with Crippen molar-refractivity contribution in [2.24, 2.45) is 5.73 Å². The van der Waals surface area contributed by atoms with Gasteiger partial charge in [-0.3, -0.25) is 0 Å². The highest BCUT2D eigenvalue weighted by atomic mass is 35.5. The Hall–Kier alpha value is -2.51. The highest BCUT2D eigenvalue weighted by Crippen LogP contribution is 2.39. The van der Waals surface area contributed by atoms with E-state index >= 15 is 0 Å². The van der Waals surface area contributed by atoms with Crippen LogP contribution in [0.25, 0.3) is 22.2 Å². The summed E-state index contributed by atoms with van der Waals surface area (Å²) in [5.41, 5.74) is 6.61. The fraction of sp³-hybridized carbons (Fsp3) is 0.250. The molecular formula is C20H18ClF3N2O2. The third-order valence-electron chi connectivity index (χ3n) is 4.60. The zero-order valence-electron chi connectivity index (χ0n) is 14.7. The summed E-state index contributed by atoms with van der Waals surface area (Å²) in [6.07, 6.45) is -2.65. The minimum absolute atomic E-state index is 0.0524. The summed E-state index contributed by atoms with van der Waals surface area (Å²) in [5.74, 6) is -1.13. The number of aromatic nitrogens is 1. The van der Waals surface area contributed by atoms with Gasteiger partial charge in [0, 0.05) is 11.1 Å². The second-order valence-corrected chi connectivity index (χ2v) is 6.86.